The number of aliphatic hydroxyl groups excluding tert-OH is 1. The molecule has 1 unspecified atom stereocenters. The zero-order chi connectivity index (χ0) is 14.1. The number of halogens is 2. The molecule has 0 saturated heterocycles. The lowest BCUT2D eigenvalue weighted by atomic mass is 10.0. The smallest absolute Gasteiger partial charge is 0.129 e. The number of hydrogen-bond acceptors (Lipinski definition) is 2. The van der Waals surface area contributed by atoms with E-state index in [4.69, 9.17) is 4.74 Å². The second-order valence-electron chi connectivity index (χ2n) is 4.95. The molecular weight excluding hydrogens is 323 g/mol. The van der Waals surface area contributed by atoms with Crippen LogP contribution in [0.15, 0.2) is 46.9 Å². The van der Waals surface area contributed by atoms with Crippen molar-refractivity contribution in [1.82, 2.24) is 0 Å². The van der Waals surface area contributed by atoms with E-state index < -0.39 is 11.9 Å². The minimum absolute atomic E-state index is 0.259. The van der Waals surface area contributed by atoms with E-state index in [1.165, 1.54) is 6.07 Å². The van der Waals surface area contributed by atoms with Crippen molar-refractivity contribution in [2.24, 2.45) is 0 Å². The van der Waals surface area contributed by atoms with Gasteiger partial charge in [0.25, 0.3) is 0 Å². The Morgan fingerprint density at radius 1 is 1.15 bits per heavy atom. The minimum atomic E-state index is -0.984. The molecule has 0 aliphatic heterocycles. The van der Waals surface area contributed by atoms with Crippen LogP contribution in [0.2, 0.25) is 0 Å². The molecular formula is C16H14BrFO2. The number of ether oxygens (including phenoxy) is 1. The zero-order valence-corrected chi connectivity index (χ0v) is 12.3. The van der Waals surface area contributed by atoms with E-state index in [9.17, 15) is 9.50 Å². The van der Waals surface area contributed by atoms with Gasteiger partial charge in [0.15, 0.2) is 0 Å². The summed E-state index contributed by atoms with van der Waals surface area (Å²) in [7, 11) is 0. The van der Waals surface area contributed by atoms with Gasteiger partial charge in [-0.3, -0.25) is 0 Å². The molecule has 1 N–H and O–H groups in total. The lowest BCUT2D eigenvalue weighted by Crippen LogP contribution is -2.03. The van der Waals surface area contributed by atoms with Gasteiger partial charge < -0.3 is 9.84 Å². The van der Waals surface area contributed by atoms with Crippen molar-refractivity contribution < 1.29 is 14.2 Å². The summed E-state index contributed by atoms with van der Waals surface area (Å²) in [5.74, 6) is 0.372. The van der Waals surface area contributed by atoms with E-state index >= 15 is 0 Å². The molecule has 3 rings (SSSR count). The first-order valence-corrected chi connectivity index (χ1v) is 7.32. The van der Waals surface area contributed by atoms with E-state index in [1.807, 2.05) is 12.1 Å². The summed E-state index contributed by atoms with van der Waals surface area (Å²) >= 11 is 3.29. The van der Waals surface area contributed by atoms with Crippen molar-refractivity contribution in [1.29, 1.82) is 0 Å². The largest absolute Gasteiger partial charge is 0.490 e. The average Bonchev–Trinajstić information content (AvgIpc) is 3.26. The number of hydrogen-bond donors (Lipinski definition) is 1. The molecule has 1 fully saturated rings. The summed E-state index contributed by atoms with van der Waals surface area (Å²) in [5.41, 5.74) is 0.903. The predicted molar refractivity (Wildman–Crippen MR) is 78.3 cm³/mol. The van der Waals surface area contributed by atoms with Crippen LogP contribution in [0.3, 0.4) is 0 Å². The highest BCUT2D eigenvalue weighted by Gasteiger charge is 2.23. The summed E-state index contributed by atoms with van der Waals surface area (Å²) < 4.78 is 20.1. The lowest BCUT2D eigenvalue weighted by Gasteiger charge is -2.13. The molecule has 1 saturated carbocycles. The normalized spacial score (nSPS) is 15.9. The summed E-state index contributed by atoms with van der Waals surface area (Å²) in [5, 5.41) is 10.3. The van der Waals surface area contributed by atoms with Gasteiger partial charge in [-0.25, -0.2) is 4.39 Å². The molecule has 0 radical (unpaired) electrons. The van der Waals surface area contributed by atoms with Gasteiger partial charge in [0, 0.05) is 10.0 Å². The number of benzene rings is 2. The van der Waals surface area contributed by atoms with Crippen molar-refractivity contribution in [2.45, 2.75) is 25.0 Å². The third-order valence-electron chi connectivity index (χ3n) is 3.28. The first kappa shape index (κ1) is 13.6. The van der Waals surface area contributed by atoms with E-state index in [-0.39, 0.29) is 5.56 Å². The van der Waals surface area contributed by atoms with E-state index in [0.29, 0.717) is 11.7 Å². The first-order chi connectivity index (χ1) is 9.63. The quantitative estimate of drug-likeness (QED) is 0.906. The molecule has 0 spiro atoms. The Hall–Kier alpha value is -1.39. The predicted octanol–water partition coefficient (Wildman–Crippen LogP) is 4.21. The number of aliphatic hydroxyl groups is 1. The van der Waals surface area contributed by atoms with Gasteiger partial charge in [0.2, 0.25) is 0 Å². The maximum atomic E-state index is 13.8. The molecule has 2 nitrogen and oxygen atoms in total. The molecule has 2 aromatic rings. The Morgan fingerprint density at radius 3 is 2.50 bits per heavy atom. The van der Waals surface area contributed by atoms with Gasteiger partial charge in [-0.2, -0.15) is 0 Å². The minimum Gasteiger partial charge on any atom is -0.490 e. The molecule has 2 aromatic carbocycles. The van der Waals surface area contributed by atoms with Crippen molar-refractivity contribution in [3.63, 3.8) is 0 Å². The van der Waals surface area contributed by atoms with Crippen LogP contribution in [0.5, 0.6) is 5.75 Å². The Morgan fingerprint density at radius 2 is 1.85 bits per heavy atom. The van der Waals surface area contributed by atoms with Crippen LogP contribution in [0.1, 0.15) is 30.1 Å². The molecule has 0 amide bonds. The van der Waals surface area contributed by atoms with Crippen molar-refractivity contribution in [3.8, 4) is 5.75 Å². The van der Waals surface area contributed by atoms with Gasteiger partial charge >= 0.3 is 0 Å². The van der Waals surface area contributed by atoms with Crippen LogP contribution in [-0.2, 0) is 0 Å². The average molecular weight is 337 g/mol. The van der Waals surface area contributed by atoms with Gasteiger partial charge in [0.05, 0.1) is 6.10 Å². The van der Waals surface area contributed by atoms with Crippen molar-refractivity contribution in [2.75, 3.05) is 0 Å². The van der Waals surface area contributed by atoms with Crippen LogP contribution in [0.25, 0.3) is 0 Å². The second kappa shape index (κ2) is 5.54. The molecule has 4 heteroatoms. The van der Waals surface area contributed by atoms with Crippen molar-refractivity contribution in [3.05, 3.63) is 63.9 Å². The van der Waals surface area contributed by atoms with Crippen LogP contribution in [0.4, 0.5) is 4.39 Å². The lowest BCUT2D eigenvalue weighted by molar-refractivity contribution is 0.214. The summed E-state index contributed by atoms with van der Waals surface area (Å²) in [4.78, 5) is 0. The Bertz CT molecular complexity index is 608. The highest BCUT2D eigenvalue weighted by Crippen LogP contribution is 2.30. The fourth-order valence-corrected chi connectivity index (χ4v) is 2.39. The molecule has 0 heterocycles. The fourth-order valence-electron chi connectivity index (χ4n) is 2.01. The highest BCUT2D eigenvalue weighted by atomic mass is 79.9. The van der Waals surface area contributed by atoms with Gasteiger partial charge in [-0.15, -0.1) is 0 Å². The molecule has 0 aromatic heterocycles. The standard InChI is InChI=1S/C16H14BrFO2/c17-11-3-8-15(18)14(9-11)16(19)10-1-4-12(5-2-10)20-13-6-7-13/h1-5,8-9,13,16,19H,6-7H2. The molecule has 20 heavy (non-hydrogen) atoms. The Kier molecular flexibility index (Phi) is 3.76. The van der Waals surface area contributed by atoms with E-state index in [1.54, 1.807) is 24.3 Å². The van der Waals surface area contributed by atoms with Gasteiger partial charge in [-0.05, 0) is 48.7 Å². The maximum Gasteiger partial charge on any atom is 0.129 e. The van der Waals surface area contributed by atoms with Crippen molar-refractivity contribution >= 4 is 15.9 Å². The molecule has 104 valence electrons. The highest BCUT2D eigenvalue weighted by molar-refractivity contribution is 9.10. The molecule has 1 atom stereocenters. The second-order valence-corrected chi connectivity index (χ2v) is 5.87. The van der Waals surface area contributed by atoms with Crippen LogP contribution >= 0.6 is 15.9 Å². The maximum absolute atomic E-state index is 13.8. The van der Waals surface area contributed by atoms with Gasteiger partial charge in [-0.1, -0.05) is 28.1 Å². The molecule has 0 bridgehead atoms. The third-order valence-corrected chi connectivity index (χ3v) is 3.77. The first-order valence-electron chi connectivity index (χ1n) is 6.53. The summed E-state index contributed by atoms with van der Waals surface area (Å²) in [6, 6.07) is 11.7. The SMILES string of the molecule is OC(c1ccc(OC2CC2)cc1)c1cc(Br)ccc1F. The van der Waals surface area contributed by atoms with Crippen LogP contribution < -0.4 is 4.74 Å². The monoisotopic (exact) mass is 336 g/mol. The summed E-state index contributed by atoms with van der Waals surface area (Å²) in [6.07, 6.45) is 1.57. The van der Waals surface area contributed by atoms with E-state index in [2.05, 4.69) is 15.9 Å². The molecule has 1 aliphatic carbocycles. The Labute approximate surface area is 125 Å². The van der Waals surface area contributed by atoms with Crippen LogP contribution in [0, 0.1) is 5.82 Å². The topological polar surface area (TPSA) is 29.5 Å². The molecule has 1 aliphatic rings. The van der Waals surface area contributed by atoms with E-state index in [0.717, 1.165) is 23.1 Å². The van der Waals surface area contributed by atoms with Crippen LogP contribution in [-0.4, -0.2) is 11.2 Å². The number of rotatable bonds is 4. The van der Waals surface area contributed by atoms with Gasteiger partial charge in [0.1, 0.15) is 17.7 Å². The Balaban J connectivity index is 1.81. The fraction of sp³-hybridized carbons (Fsp3) is 0.250. The summed E-state index contributed by atoms with van der Waals surface area (Å²) in [6.45, 7) is 0. The zero-order valence-electron chi connectivity index (χ0n) is 10.7. The third kappa shape index (κ3) is 3.02.